The van der Waals surface area contributed by atoms with Crippen molar-refractivity contribution in [3.8, 4) is 5.75 Å². The molecule has 6 nitrogen and oxygen atoms in total. The quantitative estimate of drug-likeness (QED) is 0.460. The number of amides is 2. The van der Waals surface area contributed by atoms with Crippen molar-refractivity contribution in [2.24, 2.45) is 0 Å². The van der Waals surface area contributed by atoms with Gasteiger partial charge in [-0.3, -0.25) is 19.3 Å². The number of esters is 1. The van der Waals surface area contributed by atoms with E-state index in [2.05, 4.69) is 27.3 Å². The van der Waals surface area contributed by atoms with Crippen molar-refractivity contribution >= 4 is 57.5 Å². The average molecular weight is 419 g/mol. The van der Waals surface area contributed by atoms with Crippen LogP contribution >= 0.6 is 34.4 Å². The first-order valence-corrected chi connectivity index (χ1v) is 7.62. The minimum atomic E-state index is -0.671. The number of nitrogens with zero attached hydrogens (tertiary/aromatic N) is 1. The van der Waals surface area contributed by atoms with Gasteiger partial charge in [-0.2, -0.15) is 0 Å². The highest BCUT2D eigenvalue weighted by molar-refractivity contribution is 14.1. The number of phenolic OH excluding ortho intramolecular Hbond substituents is 1. The van der Waals surface area contributed by atoms with E-state index in [-0.39, 0.29) is 10.7 Å². The Balaban J connectivity index is 2.28. The van der Waals surface area contributed by atoms with E-state index >= 15 is 0 Å². The van der Waals surface area contributed by atoms with Gasteiger partial charge in [0.25, 0.3) is 11.1 Å². The first-order chi connectivity index (χ1) is 9.92. The van der Waals surface area contributed by atoms with Crippen molar-refractivity contribution in [2.75, 3.05) is 13.7 Å². The summed E-state index contributed by atoms with van der Waals surface area (Å²) in [6.07, 6.45) is 1.43. The number of aromatic hydroxyl groups is 1. The Kier molecular flexibility index (Phi) is 4.88. The zero-order valence-electron chi connectivity index (χ0n) is 10.8. The standard InChI is InChI=1S/C13H10INO5S/c1-20-11(17)6-15-12(18)10(21-13(15)19)5-7-4-8(14)2-3-9(7)16/h2-5,16H,6H2,1H3/b10-5-. The minimum Gasteiger partial charge on any atom is -0.507 e. The molecule has 1 saturated heterocycles. The summed E-state index contributed by atoms with van der Waals surface area (Å²) < 4.78 is 5.32. The molecule has 110 valence electrons. The van der Waals surface area contributed by atoms with Gasteiger partial charge in [-0.05, 0) is 58.6 Å². The summed E-state index contributed by atoms with van der Waals surface area (Å²) in [5.41, 5.74) is 0.436. The van der Waals surface area contributed by atoms with Crippen LogP contribution in [0.5, 0.6) is 5.75 Å². The van der Waals surface area contributed by atoms with Crippen LogP contribution in [0.2, 0.25) is 0 Å². The number of hydrogen-bond donors (Lipinski definition) is 1. The third-order valence-corrected chi connectivity index (χ3v) is 4.24. The van der Waals surface area contributed by atoms with Crippen LogP contribution in [0, 0.1) is 3.57 Å². The van der Waals surface area contributed by atoms with E-state index in [1.165, 1.54) is 19.3 Å². The number of carbonyl (C=O) groups is 3. The molecule has 2 amide bonds. The second kappa shape index (κ2) is 6.48. The molecule has 1 aromatic rings. The summed E-state index contributed by atoms with van der Waals surface area (Å²) in [7, 11) is 1.18. The average Bonchev–Trinajstić information content (AvgIpc) is 2.70. The molecule has 1 aliphatic heterocycles. The molecule has 1 N–H and O–H groups in total. The lowest BCUT2D eigenvalue weighted by Crippen LogP contribution is -2.34. The normalized spacial score (nSPS) is 16.7. The highest BCUT2D eigenvalue weighted by Gasteiger charge is 2.36. The smallest absolute Gasteiger partial charge is 0.325 e. The number of benzene rings is 1. The third-order valence-electron chi connectivity index (χ3n) is 2.66. The lowest BCUT2D eigenvalue weighted by atomic mass is 10.2. The summed E-state index contributed by atoms with van der Waals surface area (Å²) in [6, 6.07) is 4.91. The molecule has 0 spiro atoms. The number of phenols is 1. The van der Waals surface area contributed by atoms with Gasteiger partial charge in [0.1, 0.15) is 12.3 Å². The summed E-state index contributed by atoms with van der Waals surface area (Å²) in [4.78, 5) is 36.0. The number of methoxy groups -OCH3 is 1. The van der Waals surface area contributed by atoms with Crippen molar-refractivity contribution in [3.63, 3.8) is 0 Å². The fourth-order valence-corrected chi connectivity index (χ4v) is 2.96. The molecule has 1 heterocycles. The number of thioether (sulfide) groups is 1. The van der Waals surface area contributed by atoms with E-state index in [1.807, 2.05) is 0 Å². The minimum absolute atomic E-state index is 0.00943. The number of halogens is 1. The molecule has 2 rings (SSSR count). The number of carbonyl (C=O) groups excluding carboxylic acids is 3. The molecule has 0 unspecified atom stereocenters. The first-order valence-electron chi connectivity index (χ1n) is 5.73. The molecule has 0 saturated carbocycles. The molecule has 0 bridgehead atoms. The first kappa shape index (κ1) is 15.8. The van der Waals surface area contributed by atoms with Crippen molar-refractivity contribution < 1.29 is 24.2 Å². The number of hydrogen-bond acceptors (Lipinski definition) is 6. The highest BCUT2D eigenvalue weighted by atomic mass is 127. The van der Waals surface area contributed by atoms with Gasteiger partial charge in [0, 0.05) is 9.13 Å². The Morgan fingerprint density at radius 3 is 2.86 bits per heavy atom. The van der Waals surface area contributed by atoms with Crippen LogP contribution in [0.15, 0.2) is 23.1 Å². The summed E-state index contributed by atoms with van der Waals surface area (Å²) in [5.74, 6) is -1.24. The third kappa shape index (κ3) is 3.56. The second-order valence-electron chi connectivity index (χ2n) is 4.05. The van der Waals surface area contributed by atoms with E-state index < -0.39 is 23.7 Å². The Morgan fingerprint density at radius 2 is 2.19 bits per heavy atom. The van der Waals surface area contributed by atoms with Gasteiger partial charge < -0.3 is 9.84 Å². The number of rotatable bonds is 3. The van der Waals surface area contributed by atoms with Gasteiger partial charge in [0.2, 0.25) is 0 Å². The second-order valence-corrected chi connectivity index (χ2v) is 6.29. The molecule has 0 radical (unpaired) electrons. The molecular formula is C13H10INO5S. The van der Waals surface area contributed by atoms with Crippen LogP contribution < -0.4 is 0 Å². The molecule has 1 aromatic carbocycles. The lowest BCUT2D eigenvalue weighted by molar-refractivity contribution is -0.143. The van der Waals surface area contributed by atoms with E-state index in [0.29, 0.717) is 5.56 Å². The summed E-state index contributed by atoms with van der Waals surface area (Å²) >= 11 is 2.79. The fraction of sp³-hybridized carbons (Fsp3) is 0.154. The zero-order valence-corrected chi connectivity index (χ0v) is 13.8. The maximum atomic E-state index is 12.1. The van der Waals surface area contributed by atoms with E-state index in [0.717, 1.165) is 20.2 Å². The van der Waals surface area contributed by atoms with Gasteiger partial charge in [0.05, 0.1) is 12.0 Å². The SMILES string of the molecule is COC(=O)CN1C(=O)S/C(=C\c2cc(I)ccc2O)C1=O. The number of ether oxygens (including phenoxy) is 1. The molecule has 1 fully saturated rings. The Hall–Kier alpha value is -1.55. The topological polar surface area (TPSA) is 83.9 Å². The van der Waals surface area contributed by atoms with Gasteiger partial charge in [-0.1, -0.05) is 0 Å². The molecular weight excluding hydrogens is 409 g/mol. The largest absolute Gasteiger partial charge is 0.507 e. The van der Waals surface area contributed by atoms with Crippen molar-refractivity contribution in [1.82, 2.24) is 4.90 Å². The molecule has 1 aliphatic rings. The Labute approximate surface area is 138 Å². The number of imide groups is 1. The van der Waals surface area contributed by atoms with Crippen molar-refractivity contribution in [3.05, 3.63) is 32.2 Å². The maximum Gasteiger partial charge on any atom is 0.325 e. The summed E-state index contributed by atoms with van der Waals surface area (Å²) in [5, 5.41) is 9.22. The van der Waals surface area contributed by atoms with Crippen LogP contribution in [-0.4, -0.2) is 40.8 Å². The van der Waals surface area contributed by atoms with Gasteiger partial charge in [-0.15, -0.1) is 0 Å². The zero-order chi connectivity index (χ0) is 15.6. The lowest BCUT2D eigenvalue weighted by Gasteiger charge is -2.09. The van der Waals surface area contributed by atoms with Crippen LogP contribution in [-0.2, 0) is 14.3 Å². The molecule has 0 atom stereocenters. The van der Waals surface area contributed by atoms with E-state index in [4.69, 9.17) is 0 Å². The van der Waals surface area contributed by atoms with Crippen LogP contribution in [0.1, 0.15) is 5.56 Å². The van der Waals surface area contributed by atoms with Crippen LogP contribution in [0.25, 0.3) is 6.08 Å². The van der Waals surface area contributed by atoms with Gasteiger partial charge >= 0.3 is 5.97 Å². The summed E-state index contributed by atoms with van der Waals surface area (Å²) in [6.45, 7) is -0.420. The fourth-order valence-electron chi connectivity index (χ4n) is 1.61. The van der Waals surface area contributed by atoms with Gasteiger partial charge in [0.15, 0.2) is 0 Å². The van der Waals surface area contributed by atoms with Crippen LogP contribution in [0.4, 0.5) is 4.79 Å². The molecule has 0 aromatic heterocycles. The maximum absolute atomic E-state index is 12.1. The van der Waals surface area contributed by atoms with E-state index in [9.17, 15) is 19.5 Å². The van der Waals surface area contributed by atoms with Crippen molar-refractivity contribution in [1.29, 1.82) is 0 Å². The predicted molar refractivity (Wildman–Crippen MR) is 85.5 cm³/mol. The molecule has 21 heavy (non-hydrogen) atoms. The molecule has 8 heteroatoms. The van der Waals surface area contributed by atoms with Crippen LogP contribution in [0.3, 0.4) is 0 Å². The highest BCUT2D eigenvalue weighted by Crippen LogP contribution is 2.34. The van der Waals surface area contributed by atoms with Crippen molar-refractivity contribution in [2.45, 2.75) is 0 Å². The predicted octanol–water partition coefficient (Wildman–Crippen LogP) is 2.21. The Morgan fingerprint density at radius 1 is 1.48 bits per heavy atom. The van der Waals surface area contributed by atoms with E-state index in [1.54, 1.807) is 12.1 Å². The molecule has 0 aliphatic carbocycles. The van der Waals surface area contributed by atoms with Gasteiger partial charge in [-0.25, -0.2) is 0 Å². The Bertz CT molecular complexity index is 658. The monoisotopic (exact) mass is 419 g/mol.